The van der Waals surface area contributed by atoms with Gasteiger partial charge in [-0.2, -0.15) is 0 Å². The lowest BCUT2D eigenvalue weighted by Crippen LogP contribution is -2.41. The van der Waals surface area contributed by atoms with Crippen molar-refractivity contribution in [2.24, 2.45) is 0 Å². The monoisotopic (exact) mass is 374 g/mol. The molecule has 2 aromatic carbocycles. The van der Waals surface area contributed by atoms with Crippen LogP contribution in [0.15, 0.2) is 36.4 Å². The Labute approximate surface area is 157 Å². The predicted molar refractivity (Wildman–Crippen MR) is 99.5 cm³/mol. The zero-order chi connectivity index (χ0) is 19.8. The number of amides is 2. The van der Waals surface area contributed by atoms with Gasteiger partial charge in [-0.3, -0.25) is 20.4 Å². The number of hydrazine groups is 1. The van der Waals surface area contributed by atoms with Crippen LogP contribution >= 0.6 is 0 Å². The molecule has 6 nitrogen and oxygen atoms in total. The van der Waals surface area contributed by atoms with Gasteiger partial charge in [0.2, 0.25) is 0 Å². The summed E-state index contributed by atoms with van der Waals surface area (Å²) in [5, 5.41) is 0. The molecule has 0 atom stereocenters. The minimum absolute atomic E-state index is 0.107. The van der Waals surface area contributed by atoms with Crippen molar-refractivity contribution >= 4 is 11.8 Å². The molecule has 0 aromatic heterocycles. The first-order chi connectivity index (χ1) is 13.0. The number of carbonyl (C=O) groups excluding carboxylic acids is 2. The van der Waals surface area contributed by atoms with E-state index in [9.17, 15) is 14.0 Å². The number of hydrogen-bond donors (Lipinski definition) is 2. The Kier molecular flexibility index (Phi) is 7.16. The van der Waals surface area contributed by atoms with Crippen molar-refractivity contribution in [3.05, 3.63) is 58.9 Å². The maximum Gasteiger partial charge on any atom is 0.269 e. The highest BCUT2D eigenvalue weighted by molar-refractivity contribution is 5.99. The smallest absolute Gasteiger partial charge is 0.269 e. The molecule has 0 saturated heterocycles. The molecule has 0 aliphatic rings. The van der Waals surface area contributed by atoms with Gasteiger partial charge in [0, 0.05) is 11.1 Å². The number of aryl methyl sites for hydroxylation is 1. The van der Waals surface area contributed by atoms with Crippen LogP contribution in [0.4, 0.5) is 4.39 Å². The fourth-order valence-electron chi connectivity index (χ4n) is 2.25. The van der Waals surface area contributed by atoms with E-state index in [1.165, 1.54) is 25.3 Å². The molecule has 144 valence electrons. The van der Waals surface area contributed by atoms with Crippen molar-refractivity contribution in [1.82, 2.24) is 10.9 Å². The van der Waals surface area contributed by atoms with Gasteiger partial charge < -0.3 is 9.47 Å². The number of nitrogens with one attached hydrogen (secondary N) is 2. The summed E-state index contributed by atoms with van der Waals surface area (Å²) in [5.41, 5.74) is 5.38. The van der Waals surface area contributed by atoms with Crippen molar-refractivity contribution in [3.63, 3.8) is 0 Å². The molecule has 7 heteroatoms. The van der Waals surface area contributed by atoms with Gasteiger partial charge in [0.05, 0.1) is 13.7 Å². The highest BCUT2D eigenvalue weighted by Crippen LogP contribution is 2.28. The van der Waals surface area contributed by atoms with E-state index in [2.05, 4.69) is 17.8 Å². The molecular formula is C20H23FN2O4. The molecule has 27 heavy (non-hydrogen) atoms. The third-order valence-electron chi connectivity index (χ3n) is 3.90. The Balaban J connectivity index is 2.00. The lowest BCUT2D eigenvalue weighted by atomic mass is 10.1. The number of methoxy groups -OCH3 is 1. The van der Waals surface area contributed by atoms with Crippen molar-refractivity contribution in [1.29, 1.82) is 0 Å². The van der Waals surface area contributed by atoms with Gasteiger partial charge in [-0.15, -0.1) is 0 Å². The molecule has 2 rings (SSSR count). The second-order valence-corrected chi connectivity index (χ2v) is 5.94. The lowest BCUT2D eigenvalue weighted by molar-refractivity contribution is 0.0846. The van der Waals surface area contributed by atoms with Gasteiger partial charge in [0.25, 0.3) is 11.8 Å². The van der Waals surface area contributed by atoms with E-state index in [-0.39, 0.29) is 11.1 Å². The van der Waals surface area contributed by atoms with Crippen LogP contribution in [0.3, 0.4) is 0 Å². The number of benzene rings is 2. The SMILES string of the molecule is CCCCOc1ccc(C(=O)NNC(=O)c2ccc(C)c(F)c2)cc1OC. The predicted octanol–water partition coefficient (Wildman–Crippen LogP) is 3.40. The fourth-order valence-corrected chi connectivity index (χ4v) is 2.25. The van der Waals surface area contributed by atoms with Gasteiger partial charge in [-0.1, -0.05) is 19.4 Å². The van der Waals surface area contributed by atoms with Crippen LogP contribution in [0.1, 0.15) is 46.0 Å². The maximum absolute atomic E-state index is 13.5. The fraction of sp³-hybridized carbons (Fsp3) is 0.300. The second kappa shape index (κ2) is 9.56. The zero-order valence-corrected chi connectivity index (χ0v) is 15.6. The van der Waals surface area contributed by atoms with Crippen molar-refractivity contribution in [2.75, 3.05) is 13.7 Å². The topological polar surface area (TPSA) is 76.7 Å². The van der Waals surface area contributed by atoms with Crippen LogP contribution in [-0.2, 0) is 0 Å². The van der Waals surface area contributed by atoms with Crippen LogP contribution in [0.5, 0.6) is 11.5 Å². The number of rotatable bonds is 7. The van der Waals surface area contributed by atoms with E-state index in [1.807, 2.05) is 0 Å². The van der Waals surface area contributed by atoms with Crippen LogP contribution in [0.2, 0.25) is 0 Å². The van der Waals surface area contributed by atoms with E-state index in [0.29, 0.717) is 23.7 Å². The lowest BCUT2D eigenvalue weighted by Gasteiger charge is -2.12. The van der Waals surface area contributed by atoms with Gasteiger partial charge in [-0.05, 0) is 49.2 Å². The Hall–Kier alpha value is -3.09. The summed E-state index contributed by atoms with van der Waals surface area (Å²) in [6.45, 7) is 4.22. The number of unbranched alkanes of at least 4 members (excludes halogenated alkanes) is 1. The summed E-state index contributed by atoms with van der Waals surface area (Å²) in [6, 6.07) is 8.81. The van der Waals surface area contributed by atoms with Gasteiger partial charge in [0.15, 0.2) is 11.5 Å². The minimum Gasteiger partial charge on any atom is -0.493 e. The molecule has 0 aliphatic heterocycles. The molecule has 0 aliphatic carbocycles. The van der Waals surface area contributed by atoms with Crippen molar-refractivity contribution < 1.29 is 23.5 Å². The Morgan fingerprint density at radius 2 is 1.63 bits per heavy atom. The third-order valence-corrected chi connectivity index (χ3v) is 3.90. The first-order valence-corrected chi connectivity index (χ1v) is 8.64. The normalized spacial score (nSPS) is 10.2. The molecule has 0 radical (unpaired) electrons. The number of ether oxygens (including phenoxy) is 2. The third kappa shape index (κ3) is 5.44. The summed E-state index contributed by atoms with van der Waals surface area (Å²) >= 11 is 0. The first kappa shape index (κ1) is 20.2. The molecule has 0 unspecified atom stereocenters. The second-order valence-electron chi connectivity index (χ2n) is 5.94. The average Bonchev–Trinajstić information content (AvgIpc) is 2.68. The van der Waals surface area contributed by atoms with Crippen LogP contribution < -0.4 is 20.3 Å². The quantitative estimate of drug-likeness (QED) is 0.575. The summed E-state index contributed by atoms with van der Waals surface area (Å²) < 4.78 is 24.4. The summed E-state index contributed by atoms with van der Waals surface area (Å²) in [5.74, 6) is -0.673. The number of halogens is 1. The first-order valence-electron chi connectivity index (χ1n) is 8.64. The molecule has 0 heterocycles. The largest absolute Gasteiger partial charge is 0.493 e. The van der Waals surface area contributed by atoms with E-state index >= 15 is 0 Å². The van der Waals surface area contributed by atoms with Crippen LogP contribution in [-0.4, -0.2) is 25.5 Å². The van der Waals surface area contributed by atoms with Crippen LogP contribution in [0, 0.1) is 12.7 Å². The average molecular weight is 374 g/mol. The molecule has 2 aromatic rings. The molecule has 0 bridgehead atoms. The standard InChI is InChI=1S/C20H23FN2O4/c1-4-5-10-27-17-9-8-15(12-18(17)26-3)20(25)23-22-19(24)14-7-6-13(2)16(21)11-14/h6-9,11-12H,4-5,10H2,1-3H3,(H,22,24)(H,23,25). The Bertz CT molecular complexity index is 824. The number of carbonyl (C=O) groups is 2. The highest BCUT2D eigenvalue weighted by atomic mass is 19.1. The van der Waals surface area contributed by atoms with Crippen molar-refractivity contribution in [3.8, 4) is 11.5 Å². The molecule has 0 saturated carbocycles. The molecular weight excluding hydrogens is 351 g/mol. The van der Waals surface area contributed by atoms with Crippen molar-refractivity contribution in [2.45, 2.75) is 26.7 Å². The maximum atomic E-state index is 13.5. The van der Waals surface area contributed by atoms with Gasteiger partial charge in [-0.25, -0.2) is 4.39 Å². The van der Waals surface area contributed by atoms with E-state index in [0.717, 1.165) is 18.9 Å². The highest BCUT2D eigenvalue weighted by Gasteiger charge is 2.13. The van der Waals surface area contributed by atoms with Gasteiger partial charge in [0.1, 0.15) is 5.82 Å². The molecule has 0 spiro atoms. The number of hydrogen-bond acceptors (Lipinski definition) is 4. The summed E-state index contributed by atoms with van der Waals surface area (Å²) in [6.07, 6.45) is 1.92. The zero-order valence-electron chi connectivity index (χ0n) is 15.6. The van der Waals surface area contributed by atoms with Gasteiger partial charge >= 0.3 is 0 Å². The molecule has 0 fully saturated rings. The molecule has 2 amide bonds. The Morgan fingerprint density at radius 3 is 2.22 bits per heavy atom. The molecule has 2 N–H and O–H groups in total. The minimum atomic E-state index is -0.617. The van der Waals surface area contributed by atoms with E-state index in [1.54, 1.807) is 19.1 Å². The Morgan fingerprint density at radius 1 is 1.00 bits per heavy atom. The van der Waals surface area contributed by atoms with E-state index in [4.69, 9.17) is 9.47 Å². The van der Waals surface area contributed by atoms with Crippen LogP contribution in [0.25, 0.3) is 0 Å². The summed E-state index contributed by atoms with van der Waals surface area (Å²) in [7, 11) is 1.48. The van der Waals surface area contributed by atoms with E-state index < -0.39 is 17.6 Å². The summed E-state index contributed by atoms with van der Waals surface area (Å²) in [4.78, 5) is 24.3.